The van der Waals surface area contributed by atoms with Crippen LogP contribution < -0.4 is 4.90 Å². The normalized spacial score (nSPS) is 13.2. The zero-order chi connectivity index (χ0) is 34.2. The van der Waals surface area contributed by atoms with Gasteiger partial charge in [-0.2, -0.15) is 0 Å². The highest BCUT2D eigenvalue weighted by molar-refractivity contribution is 6.18. The number of hydrogen-bond acceptors (Lipinski definition) is 3. The third-order valence-electron chi connectivity index (χ3n) is 10.9. The van der Waals surface area contributed by atoms with Crippen LogP contribution in [0.1, 0.15) is 22.3 Å². The molecule has 0 N–H and O–H groups in total. The van der Waals surface area contributed by atoms with Crippen molar-refractivity contribution in [3.8, 4) is 11.1 Å². The number of para-hydroxylation sites is 3. The van der Waals surface area contributed by atoms with E-state index in [9.17, 15) is 0 Å². The summed E-state index contributed by atoms with van der Waals surface area (Å²) >= 11 is 0. The van der Waals surface area contributed by atoms with Crippen molar-refractivity contribution < 1.29 is 8.83 Å². The van der Waals surface area contributed by atoms with E-state index in [1.807, 2.05) is 18.2 Å². The molecule has 3 heteroatoms. The zero-order valence-corrected chi connectivity index (χ0v) is 28.2. The van der Waals surface area contributed by atoms with Gasteiger partial charge in [0, 0.05) is 16.5 Å². The Labute approximate surface area is 300 Å². The first-order valence-electron chi connectivity index (χ1n) is 17.8. The molecule has 3 nitrogen and oxygen atoms in total. The molecule has 0 fully saturated rings. The fourth-order valence-electron chi connectivity index (χ4n) is 8.86. The average Bonchev–Trinajstić information content (AvgIpc) is 3.88. The van der Waals surface area contributed by atoms with Crippen LogP contribution in [0, 0.1) is 0 Å². The van der Waals surface area contributed by atoms with E-state index < -0.39 is 5.41 Å². The summed E-state index contributed by atoms with van der Waals surface area (Å²) < 4.78 is 13.3. The van der Waals surface area contributed by atoms with Gasteiger partial charge in [0.05, 0.1) is 27.6 Å². The minimum atomic E-state index is -0.604. The second-order valence-corrected chi connectivity index (χ2v) is 13.6. The van der Waals surface area contributed by atoms with Crippen LogP contribution in [0.15, 0.2) is 197 Å². The van der Waals surface area contributed by atoms with Gasteiger partial charge >= 0.3 is 0 Å². The first-order chi connectivity index (χ1) is 25.8. The molecular formula is C49H31NO2. The Morgan fingerprint density at radius 2 is 0.885 bits per heavy atom. The molecule has 0 saturated carbocycles. The van der Waals surface area contributed by atoms with Gasteiger partial charge in [0.1, 0.15) is 22.3 Å². The van der Waals surface area contributed by atoms with Crippen LogP contribution in [0.5, 0.6) is 0 Å². The summed E-state index contributed by atoms with van der Waals surface area (Å²) in [7, 11) is 0. The lowest BCUT2D eigenvalue weighted by Crippen LogP contribution is -2.29. The Morgan fingerprint density at radius 3 is 1.56 bits per heavy atom. The Balaban J connectivity index is 1.32. The first kappa shape index (κ1) is 28.9. The molecular weight excluding hydrogens is 635 g/mol. The average molecular weight is 666 g/mol. The van der Waals surface area contributed by atoms with Gasteiger partial charge in [-0.1, -0.05) is 140 Å². The molecule has 8 aromatic carbocycles. The minimum Gasteiger partial charge on any atom is -0.456 e. The molecule has 0 saturated heterocycles. The Hall–Kier alpha value is -6.84. The summed E-state index contributed by atoms with van der Waals surface area (Å²) in [6.07, 6.45) is 0. The molecule has 10 aromatic rings. The van der Waals surface area contributed by atoms with Crippen LogP contribution >= 0.6 is 0 Å². The predicted octanol–water partition coefficient (Wildman–Crippen LogP) is 13.3. The van der Waals surface area contributed by atoms with Gasteiger partial charge in [-0.15, -0.1) is 0 Å². The molecule has 0 spiro atoms. The highest BCUT2D eigenvalue weighted by Gasteiger charge is 2.46. The number of hydrogen-bond donors (Lipinski definition) is 0. The van der Waals surface area contributed by atoms with E-state index in [1.165, 1.54) is 27.8 Å². The number of fused-ring (bicyclic) bond motifs is 9. The van der Waals surface area contributed by atoms with Crippen molar-refractivity contribution in [2.24, 2.45) is 0 Å². The van der Waals surface area contributed by atoms with Crippen molar-refractivity contribution in [2.45, 2.75) is 5.41 Å². The molecule has 0 bridgehead atoms. The number of benzene rings is 8. The van der Waals surface area contributed by atoms with Crippen LogP contribution in [0.4, 0.5) is 17.1 Å². The van der Waals surface area contributed by atoms with Crippen LogP contribution in [0.25, 0.3) is 55.0 Å². The molecule has 0 atom stereocenters. The van der Waals surface area contributed by atoms with Crippen LogP contribution in [-0.4, -0.2) is 0 Å². The van der Waals surface area contributed by atoms with Crippen LogP contribution in [0.2, 0.25) is 0 Å². The molecule has 1 aliphatic carbocycles. The van der Waals surface area contributed by atoms with Gasteiger partial charge in [0.25, 0.3) is 0 Å². The van der Waals surface area contributed by atoms with Crippen molar-refractivity contribution in [3.05, 3.63) is 210 Å². The lowest BCUT2D eigenvalue weighted by Gasteiger charge is -2.35. The highest BCUT2D eigenvalue weighted by atomic mass is 16.3. The Bertz CT molecular complexity index is 2930. The number of furan rings is 2. The molecule has 0 unspecified atom stereocenters. The fourth-order valence-corrected chi connectivity index (χ4v) is 8.86. The summed E-state index contributed by atoms with van der Waals surface area (Å²) in [5, 5.41) is 4.29. The molecule has 11 rings (SSSR count). The molecule has 1 aliphatic rings. The van der Waals surface area contributed by atoms with Gasteiger partial charge < -0.3 is 13.7 Å². The lowest BCUT2D eigenvalue weighted by molar-refractivity contribution is 0.665. The summed E-state index contributed by atoms with van der Waals surface area (Å²) in [6, 6.07) is 67.2. The monoisotopic (exact) mass is 665 g/mol. The van der Waals surface area contributed by atoms with E-state index in [2.05, 4.69) is 175 Å². The first-order valence-corrected chi connectivity index (χ1v) is 17.8. The topological polar surface area (TPSA) is 29.5 Å². The largest absolute Gasteiger partial charge is 0.456 e. The zero-order valence-electron chi connectivity index (χ0n) is 28.2. The second kappa shape index (κ2) is 11.1. The third kappa shape index (κ3) is 3.96. The maximum atomic E-state index is 6.87. The van der Waals surface area contributed by atoms with Crippen molar-refractivity contribution in [1.29, 1.82) is 0 Å². The molecule has 2 aromatic heterocycles. The number of anilines is 3. The van der Waals surface area contributed by atoms with Crippen molar-refractivity contribution in [1.82, 2.24) is 0 Å². The molecule has 0 radical (unpaired) electrons. The van der Waals surface area contributed by atoms with E-state index in [4.69, 9.17) is 8.83 Å². The molecule has 52 heavy (non-hydrogen) atoms. The predicted molar refractivity (Wildman–Crippen MR) is 213 cm³/mol. The Morgan fingerprint density at radius 1 is 0.365 bits per heavy atom. The van der Waals surface area contributed by atoms with E-state index in [0.29, 0.717) is 0 Å². The van der Waals surface area contributed by atoms with Gasteiger partial charge in [-0.3, -0.25) is 0 Å². The summed E-state index contributed by atoms with van der Waals surface area (Å²) in [4.78, 5) is 2.41. The maximum absolute atomic E-state index is 6.87. The summed E-state index contributed by atoms with van der Waals surface area (Å²) in [6.45, 7) is 0. The van der Waals surface area contributed by atoms with E-state index >= 15 is 0 Å². The molecule has 2 heterocycles. The summed E-state index contributed by atoms with van der Waals surface area (Å²) in [5.74, 6) is 0. The van der Waals surface area contributed by atoms with Crippen LogP contribution in [0.3, 0.4) is 0 Å². The number of nitrogens with zero attached hydrogens (tertiary/aromatic N) is 1. The van der Waals surface area contributed by atoms with E-state index in [-0.39, 0.29) is 0 Å². The smallest absolute Gasteiger partial charge is 0.137 e. The maximum Gasteiger partial charge on any atom is 0.137 e. The summed E-state index contributed by atoms with van der Waals surface area (Å²) in [5.41, 5.74) is 13.3. The SMILES string of the molecule is c1ccc(N(c2cccc3oc4ccccc4c23)c2cc(C3(c4ccccc4)c4ccccc4-c4ccccc43)cc3oc4ccccc4c23)cc1. The third-order valence-corrected chi connectivity index (χ3v) is 10.9. The second-order valence-electron chi connectivity index (χ2n) is 13.6. The van der Waals surface area contributed by atoms with E-state index in [1.54, 1.807) is 0 Å². The lowest BCUT2D eigenvalue weighted by atomic mass is 9.67. The standard InChI is InChI=1S/C49H31NO2/c1-3-16-32(17-4-1)49(39-24-11-7-20-35(39)36-21-8-12-25-40(36)49)33-30-42(48-38-23-10-14-28-44(38)52-46(48)31-33)50(34-18-5-2-6-19-34)41-26-15-29-45-47(41)37-22-9-13-27-43(37)51-45/h1-31H. The van der Waals surface area contributed by atoms with Gasteiger partial charge in [0.15, 0.2) is 0 Å². The van der Waals surface area contributed by atoms with Crippen molar-refractivity contribution in [3.63, 3.8) is 0 Å². The van der Waals surface area contributed by atoms with Gasteiger partial charge in [0.2, 0.25) is 0 Å². The van der Waals surface area contributed by atoms with Gasteiger partial charge in [-0.25, -0.2) is 0 Å². The van der Waals surface area contributed by atoms with Crippen molar-refractivity contribution in [2.75, 3.05) is 4.90 Å². The number of rotatable bonds is 5. The molecule has 244 valence electrons. The minimum absolute atomic E-state index is 0.604. The quantitative estimate of drug-likeness (QED) is 0.183. The molecule has 0 aliphatic heterocycles. The fraction of sp³-hybridized carbons (Fsp3) is 0.0204. The molecule has 0 amide bonds. The Kier molecular flexibility index (Phi) is 6.17. The highest BCUT2D eigenvalue weighted by Crippen LogP contribution is 2.58. The van der Waals surface area contributed by atoms with Gasteiger partial charge in [-0.05, 0) is 81.9 Å². The van der Waals surface area contributed by atoms with Crippen molar-refractivity contribution >= 4 is 60.9 Å². The van der Waals surface area contributed by atoms with Crippen LogP contribution in [-0.2, 0) is 5.41 Å². The van der Waals surface area contributed by atoms with E-state index in [0.717, 1.165) is 66.5 Å².